The fourth-order valence-corrected chi connectivity index (χ4v) is 5.11. The number of allylic oxidation sites excluding steroid dienone is 3. The summed E-state index contributed by atoms with van der Waals surface area (Å²) >= 11 is 0. The number of hydrogen-bond acceptors (Lipinski definition) is 4. The lowest BCUT2D eigenvalue weighted by Crippen LogP contribution is -2.50. The van der Waals surface area contributed by atoms with Crippen LogP contribution in [0.3, 0.4) is 0 Å². The minimum Gasteiger partial charge on any atom is -0.354 e. The van der Waals surface area contributed by atoms with E-state index >= 15 is 0 Å². The number of halogens is 6. The van der Waals surface area contributed by atoms with Crippen molar-refractivity contribution in [2.45, 2.75) is 51.1 Å². The molecule has 0 bridgehead atoms. The van der Waals surface area contributed by atoms with Crippen LogP contribution in [0.15, 0.2) is 53.6 Å². The van der Waals surface area contributed by atoms with Crippen molar-refractivity contribution in [3.8, 4) is 12.3 Å². The molecule has 0 aliphatic carbocycles. The van der Waals surface area contributed by atoms with Gasteiger partial charge in [-0.1, -0.05) is 49.3 Å². The van der Waals surface area contributed by atoms with Gasteiger partial charge >= 0.3 is 18.4 Å². The molecule has 42 heavy (non-hydrogen) atoms. The maximum Gasteiger partial charge on any atom is 0.424 e. The number of nitrogens with zero attached hydrogens (tertiary/aromatic N) is 3. The minimum atomic E-state index is -5.12. The number of piperidine rings is 1. The zero-order valence-corrected chi connectivity index (χ0v) is 23.1. The molecule has 1 aromatic carbocycles. The van der Waals surface area contributed by atoms with Gasteiger partial charge in [0, 0.05) is 45.7 Å². The van der Waals surface area contributed by atoms with Crippen LogP contribution in [-0.4, -0.2) is 83.7 Å². The molecule has 2 aliphatic heterocycles. The average Bonchev–Trinajstić information content (AvgIpc) is 3.31. The SMILES string of the molecule is C#C/C(=C\C(=C/C(C)CNC(=O)C(c1ccccc1)N1CCC(N2CCN(C(C)=O)C2=O)CC1)C(F)(F)F)C(F)(F)F. The summed E-state index contributed by atoms with van der Waals surface area (Å²) in [6.07, 6.45) is -3.86. The van der Waals surface area contributed by atoms with Crippen molar-refractivity contribution in [2.24, 2.45) is 5.92 Å². The highest BCUT2D eigenvalue weighted by molar-refractivity contribution is 5.94. The van der Waals surface area contributed by atoms with Crippen LogP contribution in [0.4, 0.5) is 31.1 Å². The Morgan fingerprint density at radius 2 is 1.67 bits per heavy atom. The van der Waals surface area contributed by atoms with Crippen LogP contribution in [0.5, 0.6) is 0 Å². The number of benzene rings is 1. The molecule has 2 saturated heterocycles. The summed E-state index contributed by atoms with van der Waals surface area (Å²) in [6, 6.07) is 7.54. The molecule has 2 fully saturated rings. The van der Waals surface area contributed by atoms with Gasteiger partial charge in [-0.25, -0.2) is 4.79 Å². The highest BCUT2D eigenvalue weighted by Crippen LogP contribution is 2.33. The van der Waals surface area contributed by atoms with E-state index in [-0.39, 0.29) is 30.6 Å². The van der Waals surface area contributed by atoms with Gasteiger partial charge in [-0.15, -0.1) is 6.42 Å². The Kier molecular flexibility index (Phi) is 10.5. The Morgan fingerprint density at radius 3 is 2.17 bits per heavy atom. The normalized spacial score (nSPS) is 19.5. The molecule has 2 aliphatic rings. The number of nitrogens with one attached hydrogen (secondary N) is 1. The van der Waals surface area contributed by atoms with Gasteiger partial charge in [-0.2, -0.15) is 26.3 Å². The van der Waals surface area contributed by atoms with Crippen molar-refractivity contribution in [2.75, 3.05) is 32.7 Å². The Bertz CT molecular complexity index is 1240. The lowest BCUT2D eigenvalue weighted by Gasteiger charge is -2.39. The van der Waals surface area contributed by atoms with E-state index in [1.807, 2.05) is 4.90 Å². The fourth-order valence-electron chi connectivity index (χ4n) is 5.11. The van der Waals surface area contributed by atoms with E-state index in [0.717, 1.165) is 0 Å². The second-order valence-corrected chi connectivity index (χ2v) is 10.3. The van der Waals surface area contributed by atoms with Crippen LogP contribution in [0.25, 0.3) is 0 Å². The molecule has 3 rings (SSSR count). The number of imide groups is 1. The van der Waals surface area contributed by atoms with Crippen LogP contribution < -0.4 is 5.32 Å². The van der Waals surface area contributed by atoms with Gasteiger partial charge in [0.1, 0.15) is 11.6 Å². The smallest absolute Gasteiger partial charge is 0.354 e. The third-order valence-electron chi connectivity index (χ3n) is 7.24. The molecule has 0 radical (unpaired) electrons. The number of carbonyl (C=O) groups is 3. The summed E-state index contributed by atoms with van der Waals surface area (Å²) < 4.78 is 79.4. The van der Waals surface area contributed by atoms with Crippen molar-refractivity contribution in [1.82, 2.24) is 20.0 Å². The van der Waals surface area contributed by atoms with Crippen molar-refractivity contribution >= 4 is 17.8 Å². The topological polar surface area (TPSA) is 73.0 Å². The molecule has 2 unspecified atom stereocenters. The minimum absolute atomic E-state index is 0.110. The molecular weight excluding hydrogens is 566 g/mol. The Hall–Kier alpha value is -3.79. The molecule has 0 aromatic heterocycles. The summed E-state index contributed by atoms with van der Waals surface area (Å²) in [4.78, 5) is 42.5. The predicted octanol–water partition coefficient (Wildman–Crippen LogP) is 4.84. The number of rotatable bonds is 8. The Labute approximate surface area is 240 Å². The highest BCUT2D eigenvalue weighted by Gasteiger charge is 2.40. The van der Waals surface area contributed by atoms with E-state index in [1.165, 1.54) is 24.7 Å². The van der Waals surface area contributed by atoms with Gasteiger partial charge in [-0.05, 0) is 30.4 Å². The summed E-state index contributed by atoms with van der Waals surface area (Å²) in [5, 5.41) is 2.64. The molecule has 228 valence electrons. The standard InChI is InChI=1S/C29H32F6N4O3/c1-4-22(28(30,31)32)17-23(29(33,34)35)16-19(2)18-36-26(41)25(21-8-6-5-7-9-21)37-12-10-24(11-13-37)39-15-14-38(20(3)40)27(39)42/h1,5-9,16-17,19,24-25H,10-15,18H2,2-3H3,(H,36,41)/b22-17+,23-16+. The number of urea groups is 1. The van der Waals surface area contributed by atoms with E-state index in [2.05, 4.69) is 5.32 Å². The van der Waals surface area contributed by atoms with Gasteiger partial charge < -0.3 is 10.2 Å². The molecule has 1 aromatic rings. The van der Waals surface area contributed by atoms with Gasteiger partial charge in [0.25, 0.3) is 0 Å². The molecular formula is C29H32F6N4O3. The zero-order valence-electron chi connectivity index (χ0n) is 23.1. The van der Waals surface area contributed by atoms with E-state index in [0.29, 0.717) is 50.7 Å². The summed E-state index contributed by atoms with van der Waals surface area (Å²) in [7, 11) is 0. The number of alkyl halides is 6. The number of carbonyl (C=O) groups excluding carboxylic acids is 3. The van der Waals surface area contributed by atoms with Crippen molar-refractivity contribution in [3.63, 3.8) is 0 Å². The first-order chi connectivity index (χ1) is 19.6. The quantitative estimate of drug-likeness (QED) is 0.264. The van der Waals surface area contributed by atoms with Crippen molar-refractivity contribution in [1.29, 1.82) is 0 Å². The average molecular weight is 599 g/mol. The first-order valence-corrected chi connectivity index (χ1v) is 13.3. The lowest BCUT2D eigenvalue weighted by atomic mass is 9.97. The molecule has 7 nitrogen and oxygen atoms in total. The Morgan fingerprint density at radius 1 is 1.05 bits per heavy atom. The largest absolute Gasteiger partial charge is 0.424 e. The second kappa shape index (κ2) is 13.5. The summed E-state index contributed by atoms with van der Waals surface area (Å²) in [5.74, 6) is -0.538. The lowest BCUT2D eigenvalue weighted by molar-refractivity contribution is -0.128. The summed E-state index contributed by atoms with van der Waals surface area (Å²) in [5.41, 5.74) is -2.67. The van der Waals surface area contributed by atoms with Gasteiger partial charge in [0.05, 0.1) is 5.57 Å². The second-order valence-electron chi connectivity index (χ2n) is 10.3. The highest BCUT2D eigenvalue weighted by atomic mass is 19.4. The van der Waals surface area contributed by atoms with E-state index in [9.17, 15) is 40.7 Å². The first kappa shape index (κ1) is 32.7. The third-order valence-corrected chi connectivity index (χ3v) is 7.24. The number of hydrogen-bond donors (Lipinski definition) is 1. The number of likely N-dealkylation sites (tertiary alicyclic amines) is 1. The third kappa shape index (κ3) is 8.15. The van der Waals surface area contributed by atoms with Crippen LogP contribution in [0.2, 0.25) is 0 Å². The van der Waals surface area contributed by atoms with Crippen LogP contribution in [-0.2, 0) is 9.59 Å². The molecule has 4 amide bonds. The molecule has 0 spiro atoms. The number of amides is 4. The van der Waals surface area contributed by atoms with Crippen LogP contribution >= 0.6 is 0 Å². The van der Waals surface area contributed by atoms with E-state index < -0.39 is 41.4 Å². The molecule has 13 heteroatoms. The first-order valence-electron chi connectivity index (χ1n) is 13.3. The summed E-state index contributed by atoms with van der Waals surface area (Å²) in [6.45, 7) is 4.02. The molecule has 2 atom stereocenters. The van der Waals surface area contributed by atoms with Gasteiger partial charge in [-0.3, -0.25) is 19.4 Å². The maximum absolute atomic E-state index is 13.5. The molecule has 1 N–H and O–H groups in total. The van der Waals surface area contributed by atoms with Crippen molar-refractivity contribution in [3.05, 3.63) is 59.2 Å². The number of terminal acetylenes is 1. The van der Waals surface area contributed by atoms with E-state index in [4.69, 9.17) is 6.42 Å². The zero-order chi connectivity index (χ0) is 31.2. The molecule has 0 saturated carbocycles. The van der Waals surface area contributed by atoms with E-state index in [1.54, 1.807) is 35.2 Å². The molecule has 2 heterocycles. The monoisotopic (exact) mass is 598 g/mol. The maximum atomic E-state index is 13.5. The fraction of sp³-hybridized carbons (Fsp3) is 0.483. The van der Waals surface area contributed by atoms with Crippen LogP contribution in [0, 0.1) is 18.3 Å². The predicted molar refractivity (Wildman–Crippen MR) is 143 cm³/mol. The van der Waals surface area contributed by atoms with Crippen molar-refractivity contribution < 1.29 is 40.7 Å². The van der Waals surface area contributed by atoms with Crippen LogP contribution in [0.1, 0.15) is 38.3 Å². The van der Waals surface area contributed by atoms with Gasteiger partial charge in [0.2, 0.25) is 11.8 Å². The van der Waals surface area contributed by atoms with Gasteiger partial charge in [0.15, 0.2) is 0 Å². The Balaban J connectivity index is 1.72.